The highest BCUT2D eigenvalue weighted by Gasteiger charge is 2.27. The monoisotopic (exact) mass is 367 g/mol. The summed E-state index contributed by atoms with van der Waals surface area (Å²) in [6.07, 6.45) is 5.49. The Morgan fingerprint density at radius 2 is 2.11 bits per heavy atom. The zero-order valence-corrected chi connectivity index (χ0v) is 15.3. The molecule has 0 radical (unpaired) electrons. The number of rotatable bonds is 5. The number of hydrogen-bond donors (Lipinski definition) is 1. The number of aromatic nitrogens is 1. The molecule has 2 aromatic rings. The van der Waals surface area contributed by atoms with E-state index in [9.17, 15) is 4.79 Å². The molecule has 2 atom stereocenters. The number of hydrogen-bond acceptors (Lipinski definition) is 5. The summed E-state index contributed by atoms with van der Waals surface area (Å²) < 4.78 is 11.6. The van der Waals surface area contributed by atoms with Crippen molar-refractivity contribution in [1.82, 2.24) is 15.2 Å². The van der Waals surface area contributed by atoms with Crippen LogP contribution in [0.2, 0.25) is 0 Å². The minimum Gasteiger partial charge on any atom is -0.486 e. The zero-order valence-electron chi connectivity index (χ0n) is 15.3. The van der Waals surface area contributed by atoms with Crippen LogP contribution in [0.5, 0.6) is 11.5 Å². The number of carbonyl (C=O) groups is 1. The summed E-state index contributed by atoms with van der Waals surface area (Å²) in [6, 6.07) is 11.7. The summed E-state index contributed by atoms with van der Waals surface area (Å²) in [5, 5.41) is 3.05. The second-order valence-electron chi connectivity index (χ2n) is 7.18. The third-order valence-electron chi connectivity index (χ3n) is 5.08. The van der Waals surface area contributed by atoms with Crippen LogP contribution in [-0.4, -0.2) is 48.1 Å². The molecule has 0 saturated carbocycles. The van der Waals surface area contributed by atoms with Gasteiger partial charge in [0.05, 0.1) is 12.5 Å². The van der Waals surface area contributed by atoms with E-state index in [1.807, 2.05) is 36.5 Å². The molecule has 1 amide bonds. The summed E-state index contributed by atoms with van der Waals surface area (Å²) in [4.78, 5) is 19.1. The molecule has 0 aliphatic carbocycles. The third-order valence-corrected chi connectivity index (χ3v) is 5.08. The molecule has 1 aromatic heterocycles. The number of carbonyl (C=O) groups excluding carboxylic acids is 1. The van der Waals surface area contributed by atoms with Crippen LogP contribution in [0.25, 0.3) is 0 Å². The molecule has 2 aliphatic heterocycles. The predicted molar refractivity (Wildman–Crippen MR) is 102 cm³/mol. The maximum absolute atomic E-state index is 12.6. The van der Waals surface area contributed by atoms with Gasteiger partial charge in [0.25, 0.3) is 0 Å². The van der Waals surface area contributed by atoms with E-state index in [4.69, 9.17) is 9.47 Å². The van der Waals surface area contributed by atoms with Gasteiger partial charge in [0.15, 0.2) is 11.5 Å². The molecule has 0 unspecified atom stereocenters. The van der Waals surface area contributed by atoms with Crippen LogP contribution in [0.4, 0.5) is 0 Å². The third kappa shape index (κ3) is 4.57. The molecule has 0 bridgehead atoms. The first kappa shape index (κ1) is 17.8. The lowest BCUT2D eigenvalue weighted by Crippen LogP contribution is -2.46. The normalized spacial score (nSPS) is 22.2. The number of nitrogens with zero attached hydrogens (tertiary/aromatic N) is 2. The van der Waals surface area contributed by atoms with Crippen LogP contribution in [0.15, 0.2) is 48.8 Å². The molecule has 4 rings (SSSR count). The van der Waals surface area contributed by atoms with Crippen LogP contribution in [-0.2, 0) is 11.3 Å². The summed E-state index contributed by atoms with van der Waals surface area (Å²) in [5.74, 6) is 1.63. The largest absolute Gasteiger partial charge is 0.486 e. The van der Waals surface area contributed by atoms with Crippen LogP contribution < -0.4 is 14.8 Å². The minimum absolute atomic E-state index is 0.0206. The maximum atomic E-state index is 12.6. The maximum Gasteiger partial charge on any atom is 0.224 e. The summed E-state index contributed by atoms with van der Waals surface area (Å²) in [6.45, 7) is 3.57. The molecule has 1 N–H and O–H groups in total. The Labute approximate surface area is 159 Å². The van der Waals surface area contributed by atoms with Crippen molar-refractivity contribution in [2.75, 3.05) is 26.2 Å². The number of likely N-dealkylation sites (tertiary alicyclic amines) is 1. The number of nitrogens with one attached hydrogen (secondary N) is 1. The second kappa shape index (κ2) is 8.39. The highest BCUT2D eigenvalue weighted by atomic mass is 16.6. The van der Waals surface area contributed by atoms with E-state index in [0.717, 1.165) is 44.0 Å². The first-order valence-corrected chi connectivity index (χ1v) is 9.55. The highest BCUT2D eigenvalue weighted by Crippen LogP contribution is 2.30. The van der Waals surface area contributed by atoms with Crippen LogP contribution in [0, 0.1) is 5.92 Å². The molecule has 3 heterocycles. The lowest BCUT2D eigenvalue weighted by molar-refractivity contribution is -0.127. The lowest BCUT2D eigenvalue weighted by Gasteiger charge is -2.32. The fourth-order valence-corrected chi connectivity index (χ4v) is 3.69. The quantitative estimate of drug-likeness (QED) is 0.878. The van der Waals surface area contributed by atoms with Gasteiger partial charge in [-0.25, -0.2) is 0 Å². The average Bonchev–Trinajstić information content (AvgIpc) is 2.73. The number of amides is 1. The average molecular weight is 367 g/mol. The Morgan fingerprint density at radius 1 is 1.22 bits per heavy atom. The van der Waals surface area contributed by atoms with Crippen molar-refractivity contribution < 1.29 is 14.3 Å². The highest BCUT2D eigenvalue weighted by molar-refractivity contribution is 5.79. The molecule has 142 valence electrons. The SMILES string of the molecule is O=C(NC[C@H]1COc2ccccc2O1)[C@H]1CCCN(Cc2cccnc2)C1. The van der Waals surface area contributed by atoms with E-state index in [2.05, 4.69) is 21.3 Å². The minimum atomic E-state index is -0.154. The Balaban J connectivity index is 1.26. The van der Waals surface area contributed by atoms with Crippen molar-refractivity contribution in [2.45, 2.75) is 25.5 Å². The molecule has 1 saturated heterocycles. The number of pyridine rings is 1. The number of ether oxygens (including phenoxy) is 2. The molecular formula is C21H25N3O3. The smallest absolute Gasteiger partial charge is 0.224 e. The van der Waals surface area contributed by atoms with Gasteiger partial charge in [0, 0.05) is 25.5 Å². The molecule has 2 aliphatic rings. The fourth-order valence-electron chi connectivity index (χ4n) is 3.69. The van der Waals surface area contributed by atoms with E-state index in [1.54, 1.807) is 6.20 Å². The molecule has 6 nitrogen and oxygen atoms in total. The number of para-hydroxylation sites is 2. The van der Waals surface area contributed by atoms with Gasteiger partial charge < -0.3 is 14.8 Å². The van der Waals surface area contributed by atoms with Gasteiger partial charge in [-0.15, -0.1) is 0 Å². The Morgan fingerprint density at radius 3 is 2.96 bits per heavy atom. The van der Waals surface area contributed by atoms with Crippen molar-refractivity contribution in [3.8, 4) is 11.5 Å². The Kier molecular flexibility index (Phi) is 5.53. The first-order chi connectivity index (χ1) is 13.3. The van der Waals surface area contributed by atoms with E-state index in [0.29, 0.717) is 13.2 Å². The number of piperidine rings is 1. The van der Waals surface area contributed by atoms with Gasteiger partial charge in [-0.1, -0.05) is 18.2 Å². The van der Waals surface area contributed by atoms with Crippen molar-refractivity contribution in [3.05, 3.63) is 54.4 Å². The summed E-state index contributed by atoms with van der Waals surface area (Å²) in [7, 11) is 0. The van der Waals surface area contributed by atoms with E-state index in [-0.39, 0.29) is 17.9 Å². The Hall–Kier alpha value is -2.60. The van der Waals surface area contributed by atoms with E-state index < -0.39 is 0 Å². The molecule has 1 fully saturated rings. The molecule has 1 aromatic carbocycles. The second-order valence-corrected chi connectivity index (χ2v) is 7.18. The van der Waals surface area contributed by atoms with Crippen molar-refractivity contribution in [3.63, 3.8) is 0 Å². The standard InChI is InChI=1S/C21H25N3O3/c25-21(23-12-18-15-26-19-7-1-2-8-20(19)27-18)17-6-4-10-24(14-17)13-16-5-3-9-22-11-16/h1-3,5,7-9,11,17-18H,4,6,10,12-15H2,(H,23,25)/t17-,18-/m0/s1. The van der Waals surface area contributed by atoms with E-state index in [1.165, 1.54) is 5.56 Å². The van der Waals surface area contributed by atoms with Gasteiger partial charge in [-0.3, -0.25) is 14.7 Å². The molecule has 27 heavy (non-hydrogen) atoms. The molecular weight excluding hydrogens is 342 g/mol. The van der Waals surface area contributed by atoms with Crippen molar-refractivity contribution in [1.29, 1.82) is 0 Å². The summed E-state index contributed by atoms with van der Waals surface area (Å²) in [5.41, 5.74) is 1.19. The topological polar surface area (TPSA) is 63.7 Å². The van der Waals surface area contributed by atoms with Gasteiger partial charge in [-0.05, 0) is 43.1 Å². The zero-order chi connectivity index (χ0) is 18.5. The van der Waals surface area contributed by atoms with E-state index >= 15 is 0 Å². The van der Waals surface area contributed by atoms with Crippen LogP contribution in [0.1, 0.15) is 18.4 Å². The van der Waals surface area contributed by atoms with Gasteiger partial charge >= 0.3 is 0 Å². The van der Waals surface area contributed by atoms with Crippen molar-refractivity contribution in [2.24, 2.45) is 5.92 Å². The predicted octanol–water partition coefficient (Wildman–Crippen LogP) is 2.25. The molecule has 0 spiro atoms. The van der Waals surface area contributed by atoms with Crippen molar-refractivity contribution >= 4 is 5.91 Å². The lowest BCUT2D eigenvalue weighted by atomic mass is 9.96. The van der Waals surface area contributed by atoms with Crippen LogP contribution >= 0.6 is 0 Å². The van der Waals surface area contributed by atoms with Crippen LogP contribution in [0.3, 0.4) is 0 Å². The van der Waals surface area contributed by atoms with Gasteiger partial charge in [0.2, 0.25) is 5.91 Å². The van der Waals surface area contributed by atoms with Gasteiger partial charge in [-0.2, -0.15) is 0 Å². The number of fused-ring (bicyclic) bond motifs is 1. The van der Waals surface area contributed by atoms with Gasteiger partial charge in [0.1, 0.15) is 12.7 Å². The fraction of sp³-hybridized carbons (Fsp3) is 0.429. The first-order valence-electron chi connectivity index (χ1n) is 9.55. The molecule has 6 heteroatoms. The Bertz CT molecular complexity index is 768. The number of benzene rings is 1. The summed E-state index contributed by atoms with van der Waals surface area (Å²) >= 11 is 0.